The topological polar surface area (TPSA) is 52.6 Å². The maximum atomic E-state index is 4.80. The standard InChI is InChI=1S/C20H29N5S/c1-4-21-20(22-13-19-15(2)23-16(3)26-19)24-17-9-8-12-25(14-17)18-10-6-5-7-11-18/h5-7,10-11,17H,4,8-9,12-14H2,1-3H3,(H2,21,22,24). The van der Waals surface area contributed by atoms with Crippen LogP contribution in [-0.2, 0) is 6.54 Å². The van der Waals surface area contributed by atoms with Gasteiger partial charge in [-0.3, -0.25) is 0 Å². The van der Waals surface area contributed by atoms with E-state index in [-0.39, 0.29) is 0 Å². The average molecular weight is 372 g/mol. The molecular weight excluding hydrogens is 342 g/mol. The Morgan fingerprint density at radius 3 is 2.81 bits per heavy atom. The van der Waals surface area contributed by atoms with Crippen LogP contribution >= 0.6 is 11.3 Å². The predicted molar refractivity (Wildman–Crippen MR) is 111 cm³/mol. The van der Waals surface area contributed by atoms with Gasteiger partial charge in [-0.2, -0.15) is 0 Å². The van der Waals surface area contributed by atoms with Crippen LogP contribution in [0.5, 0.6) is 0 Å². The van der Waals surface area contributed by atoms with Crippen molar-refractivity contribution in [1.29, 1.82) is 0 Å². The predicted octanol–water partition coefficient (Wildman–Crippen LogP) is 3.48. The molecule has 2 aromatic rings. The van der Waals surface area contributed by atoms with Gasteiger partial charge < -0.3 is 15.5 Å². The molecule has 1 saturated heterocycles. The summed E-state index contributed by atoms with van der Waals surface area (Å²) in [6.07, 6.45) is 2.37. The Hall–Kier alpha value is -2.08. The number of benzene rings is 1. The first-order chi connectivity index (χ1) is 12.7. The van der Waals surface area contributed by atoms with Gasteiger partial charge in [0.25, 0.3) is 0 Å². The summed E-state index contributed by atoms with van der Waals surface area (Å²) in [6.45, 7) is 9.89. The molecule has 0 amide bonds. The van der Waals surface area contributed by atoms with Crippen LogP contribution in [0.2, 0.25) is 0 Å². The Labute approximate surface area is 160 Å². The summed E-state index contributed by atoms with van der Waals surface area (Å²) >= 11 is 1.74. The third kappa shape index (κ3) is 4.97. The maximum absolute atomic E-state index is 4.80. The Bertz CT molecular complexity index is 725. The summed E-state index contributed by atoms with van der Waals surface area (Å²) in [5, 5.41) is 8.13. The molecule has 0 aliphatic carbocycles. The molecule has 6 heteroatoms. The normalized spacial score (nSPS) is 18.0. The molecular formula is C20H29N5S. The van der Waals surface area contributed by atoms with Gasteiger partial charge in [0.15, 0.2) is 5.96 Å². The minimum absolute atomic E-state index is 0.408. The van der Waals surface area contributed by atoms with Crippen LogP contribution in [0.1, 0.15) is 35.3 Å². The molecule has 0 radical (unpaired) electrons. The molecule has 2 heterocycles. The zero-order valence-corrected chi connectivity index (χ0v) is 16.8. The lowest BCUT2D eigenvalue weighted by Gasteiger charge is -2.35. The number of thiazole rings is 1. The number of rotatable bonds is 5. The van der Waals surface area contributed by atoms with E-state index >= 15 is 0 Å². The van der Waals surface area contributed by atoms with Crippen LogP contribution in [-0.4, -0.2) is 36.6 Å². The fraction of sp³-hybridized carbons (Fsp3) is 0.500. The van der Waals surface area contributed by atoms with Crippen LogP contribution in [0, 0.1) is 13.8 Å². The van der Waals surface area contributed by atoms with E-state index in [2.05, 4.69) is 71.6 Å². The molecule has 1 aromatic heterocycles. The minimum atomic E-state index is 0.408. The van der Waals surface area contributed by atoms with E-state index in [0.29, 0.717) is 12.6 Å². The van der Waals surface area contributed by atoms with E-state index in [1.165, 1.54) is 23.4 Å². The second-order valence-electron chi connectivity index (χ2n) is 6.70. The SMILES string of the molecule is CCNC(=NCc1sc(C)nc1C)NC1CCCN(c2ccccc2)C1. The van der Waals surface area contributed by atoms with Crippen molar-refractivity contribution in [3.63, 3.8) is 0 Å². The summed E-state index contributed by atoms with van der Waals surface area (Å²) in [5.41, 5.74) is 2.40. The number of aryl methyl sites for hydroxylation is 2. The van der Waals surface area contributed by atoms with Crippen molar-refractivity contribution in [3.8, 4) is 0 Å². The number of aliphatic imine (C=N–C) groups is 1. The number of para-hydroxylation sites is 1. The molecule has 0 bridgehead atoms. The van der Waals surface area contributed by atoms with Gasteiger partial charge in [0.05, 0.1) is 17.2 Å². The molecule has 1 aliphatic rings. The molecule has 26 heavy (non-hydrogen) atoms. The summed E-state index contributed by atoms with van der Waals surface area (Å²) in [4.78, 5) is 13.0. The second kappa shape index (κ2) is 9.03. The van der Waals surface area contributed by atoms with Crippen LogP contribution in [0.4, 0.5) is 5.69 Å². The highest BCUT2D eigenvalue weighted by molar-refractivity contribution is 7.11. The second-order valence-corrected chi connectivity index (χ2v) is 7.99. The van der Waals surface area contributed by atoms with Crippen molar-refractivity contribution in [2.75, 3.05) is 24.5 Å². The first kappa shape index (κ1) is 18.7. The first-order valence-corrected chi connectivity index (χ1v) is 10.2. The Morgan fingerprint density at radius 2 is 2.12 bits per heavy atom. The maximum Gasteiger partial charge on any atom is 0.191 e. The monoisotopic (exact) mass is 371 g/mol. The number of nitrogens with zero attached hydrogens (tertiary/aromatic N) is 3. The van der Waals surface area contributed by atoms with E-state index in [1.807, 2.05) is 0 Å². The summed E-state index contributed by atoms with van der Waals surface area (Å²) in [5.74, 6) is 0.901. The van der Waals surface area contributed by atoms with Gasteiger partial charge in [-0.05, 0) is 45.7 Å². The Kier molecular flexibility index (Phi) is 6.50. The van der Waals surface area contributed by atoms with E-state index in [9.17, 15) is 0 Å². The third-order valence-corrected chi connectivity index (χ3v) is 5.67. The lowest BCUT2D eigenvalue weighted by Crippen LogP contribution is -2.51. The molecule has 0 saturated carbocycles. The summed E-state index contributed by atoms with van der Waals surface area (Å²) in [6, 6.07) is 11.1. The van der Waals surface area contributed by atoms with Crippen molar-refractivity contribution < 1.29 is 0 Å². The largest absolute Gasteiger partial charge is 0.369 e. The van der Waals surface area contributed by atoms with Gasteiger partial charge in [-0.25, -0.2) is 9.98 Å². The third-order valence-electron chi connectivity index (χ3n) is 4.61. The molecule has 0 spiro atoms. The lowest BCUT2D eigenvalue weighted by molar-refractivity contribution is 0.468. The molecule has 1 fully saturated rings. The van der Waals surface area contributed by atoms with Crippen molar-refractivity contribution in [2.24, 2.45) is 4.99 Å². The van der Waals surface area contributed by atoms with Gasteiger partial charge in [0.2, 0.25) is 0 Å². The van der Waals surface area contributed by atoms with Gasteiger partial charge in [-0.1, -0.05) is 18.2 Å². The molecule has 1 atom stereocenters. The van der Waals surface area contributed by atoms with Crippen LogP contribution < -0.4 is 15.5 Å². The zero-order valence-electron chi connectivity index (χ0n) is 16.0. The number of hydrogen-bond acceptors (Lipinski definition) is 4. The van der Waals surface area contributed by atoms with E-state index in [1.54, 1.807) is 11.3 Å². The number of hydrogen-bond donors (Lipinski definition) is 2. The molecule has 140 valence electrons. The molecule has 2 N–H and O–H groups in total. The number of guanidine groups is 1. The molecule has 1 aromatic carbocycles. The van der Waals surface area contributed by atoms with E-state index in [4.69, 9.17) is 4.99 Å². The fourth-order valence-corrected chi connectivity index (χ4v) is 4.21. The lowest BCUT2D eigenvalue weighted by atomic mass is 10.1. The van der Waals surface area contributed by atoms with Crippen LogP contribution in [0.25, 0.3) is 0 Å². The summed E-state index contributed by atoms with van der Waals surface area (Å²) < 4.78 is 0. The number of aromatic nitrogens is 1. The highest BCUT2D eigenvalue weighted by atomic mass is 32.1. The number of piperidine rings is 1. The first-order valence-electron chi connectivity index (χ1n) is 9.43. The molecule has 1 aliphatic heterocycles. The van der Waals surface area contributed by atoms with Gasteiger partial charge >= 0.3 is 0 Å². The highest BCUT2D eigenvalue weighted by Gasteiger charge is 2.21. The fourth-order valence-electron chi connectivity index (χ4n) is 3.35. The van der Waals surface area contributed by atoms with Gasteiger partial charge in [0.1, 0.15) is 0 Å². The number of nitrogens with one attached hydrogen (secondary N) is 2. The van der Waals surface area contributed by atoms with Crippen LogP contribution in [0.3, 0.4) is 0 Å². The number of anilines is 1. The van der Waals surface area contributed by atoms with E-state index in [0.717, 1.165) is 36.3 Å². The van der Waals surface area contributed by atoms with Crippen LogP contribution in [0.15, 0.2) is 35.3 Å². The Balaban J connectivity index is 1.63. The Morgan fingerprint density at radius 1 is 1.31 bits per heavy atom. The zero-order chi connectivity index (χ0) is 18.4. The van der Waals surface area contributed by atoms with Crippen molar-refractivity contribution >= 4 is 23.0 Å². The smallest absolute Gasteiger partial charge is 0.191 e. The molecule has 1 unspecified atom stereocenters. The average Bonchev–Trinajstić information content (AvgIpc) is 2.98. The minimum Gasteiger partial charge on any atom is -0.369 e. The molecule has 3 rings (SSSR count). The van der Waals surface area contributed by atoms with Gasteiger partial charge in [0, 0.05) is 36.2 Å². The van der Waals surface area contributed by atoms with Crippen molar-refractivity contribution in [1.82, 2.24) is 15.6 Å². The van der Waals surface area contributed by atoms with Crippen molar-refractivity contribution in [3.05, 3.63) is 45.9 Å². The van der Waals surface area contributed by atoms with Crippen molar-refractivity contribution in [2.45, 2.75) is 46.2 Å². The quantitative estimate of drug-likeness (QED) is 0.624. The molecule has 5 nitrogen and oxygen atoms in total. The van der Waals surface area contributed by atoms with E-state index < -0.39 is 0 Å². The summed E-state index contributed by atoms with van der Waals surface area (Å²) in [7, 11) is 0. The van der Waals surface area contributed by atoms with Gasteiger partial charge in [-0.15, -0.1) is 11.3 Å². The highest BCUT2D eigenvalue weighted by Crippen LogP contribution is 2.20.